The molecular weight excluding hydrogens is 392 g/mol. The third-order valence-corrected chi connectivity index (χ3v) is 5.04. The maximum atomic E-state index is 12.4. The molecule has 0 aliphatic carbocycles. The van der Waals surface area contributed by atoms with Crippen LogP contribution in [0, 0.1) is 12.3 Å². The first-order valence-corrected chi connectivity index (χ1v) is 10.2. The molecule has 1 amide bonds. The van der Waals surface area contributed by atoms with Gasteiger partial charge in [0.15, 0.2) is 17.5 Å². The van der Waals surface area contributed by atoms with Crippen LogP contribution < -0.4 is 20.1 Å². The minimum absolute atomic E-state index is 0.0118. The number of amides is 1. The van der Waals surface area contributed by atoms with Crippen LogP contribution in [0.15, 0.2) is 41.4 Å². The Bertz CT molecular complexity index is 1010. The normalized spacial score (nSPS) is 13.1. The third-order valence-electron chi connectivity index (χ3n) is 5.04. The number of carbonyl (C=O) groups is 1. The number of aliphatic imine (C=N–C) groups is 1. The standard InChI is InChI=1S/C24H28N4O3/c1-5-17-8-7-9-20(12-17)27-23(29)15-26-24(25-6-2)28-11-10-18-13-21(30-3)22(31-4)14-19(18)16-28/h1,7-9,12-14H,6,10-11,15-16H2,2-4H3,(H,25,26)(H,27,29). The largest absolute Gasteiger partial charge is 0.493 e. The van der Waals surface area contributed by atoms with Gasteiger partial charge in [0, 0.05) is 30.9 Å². The average Bonchev–Trinajstić information content (AvgIpc) is 2.80. The van der Waals surface area contributed by atoms with E-state index in [9.17, 15) is 4.79 Å². The second-order valence-corrected chi connectivity index (χ2v) is 7.09. The Morgan fingerprint density at radius 2 is 1.94 bits per heavy atom. The molecule has 7 nitrogen and oxygen atoms in total. The maximum absolute atomic E-state index is 12.4. The van der Waals surface area contributed by atoms with Gasteiger partial charge in [-0.15, -0.1) is 6.42 Å². The summed E-state index contributed by atoms with van der Waals surface area (Å²) < 4.78 is 10.9. The Morgan fingerprint density at radius 3 is 2.61 bits per heavy atom. The average molecular weight is 421 g/mol. The van der Waals surface area contributed by atoms with Crippen molar-refractivity contribution in [2.45, 2.75) is 19.9 Å². The predicted octanol–water partition coefficient (Wildman–Crippen LogP) is 2.65. The summed E-state index contributed by atoms with van der Waals surface area (Å²) in [5.41, 5.74) is 3.77. The van der Waals surface area contributed by atoms with E-state index in [-0.39, 0.29) is 12.5 Å². The van der Waals surface area contributed by atoms with Crippen molar-refractivity contribution < 1.29 is 14.3 Å². The van der Waals surface area contributed by atoms with Gasteiger partial charge in [-0.2, -0.15) is 0 Å². The van der Waals surface area contributed by atoms with Crippen molar-refractivity contribution >= 4 is 17.6 Å². The van der Waals surface area contributed by atoms with E-state index in [4.69, 9.17) is 15.9 Å². The molecule has 1 aliphatic heterocycles. The fourth-order valence-electron chi connectivity index (χ4n) is 3.52. The van der Waals surface area contributed by atoms with Crippen molar-refractivity contribution in [2.75, 3.05) is 39.2 Å². The van der Waals surface area contributed by atoms with Crippen molar-refractivity contribution in [2.24, 2.45) is 4.99 Å². The lowest BCUT2D eigenvalue weighted by molar-refractivity contribution is -0.114. The number of terminal acetylenes is 1. The molecule has 2 aromatic carbocycles. The Balaban J connectivity index is 1.71. The van der Waals surface area contributed by atoms with Crippen LogP contribution in [-0.2, 0) is 17.8 Å². The molecule has 0 fully saturated rings. The number of hydrogen-bond acceptors (Lipinski definition) is 4. The zero-order chi connectivity index (χ0) is 22.2. The maximum Gasteiger partial charge on any atom is 0.246 e. The molecule has 1 aliphatic rings. The number of nitrogens with zero attached hydrogens (tertiary/aromatic N) is 2. The number of ether oxygens (including phenoxy) is 2. The van der Waals surface area contributed by atoms with E-state index < -0.39 is 0 Å². The van der Waals surface area contributed by atoms with Crippen LogP contribution in [0.1, 0.15) is 23.6 Å². The summed E-state index contributed by atoms with van der Waals surface area (Å²) in [4.78, 5) is 19.1. The first-order chi connectivity index (χ1) is 15.1. The highest BCUT2D eigenvalue weighted by Gasteiger charge is 2.22. The molecule has 0 spiro atoms. The predicted molar refractivity (Wildman–Crippen MR) is 123 cm³/mol. The summed E-state index contributed by atoms with van der Waals surface area (Å²) in [5.74, 6) is 4.51. The molecule has 0 atom stereocenters. The van der Waals surface area contributed by atoms with Gasteiger partial charge in [0.25, 0.3) is 0 Å². The smallest absolute Gasteiger partial charge is 0.246 e. The summed E-state index contributed by atoms with van der Waals surface area (Å²) in [7, 11) is 3.28. The Labute approximate surface area is 183 Å². The van der Waals surface area contributed by atoms with Gasteiger partial charge < -0.3 is 25.0 Å². The van der Waals surface area contributed by atoms with Crippen LogP contribution in [0.5, 0.6) is 11.5 Å². The fraction of sp³-hybridized carbons (Fsp3) is 0.333. The van der Waals surface area contributed by atoms with Gasteiger partial charge in [-0.3, -0.25) is 4.79 Å². The molecule has 2 aromatic rings. The zero-order valence-electron chi connectivity index (χ0n) is 18.2. The minimum atomic E-state index is -0.201. The van der Waals surface area contributed by atoms with Crippen LogP contribution in [0.4, 0.5) is 5.69 Å². The van der Waals surface area contributed by atoms with Crippen molar-refractivity contribution in [1.29, 1.82) is 0 Å². The molecule has 0 radical (unpaired) electrons. The molecule has 0 bridgehead atoms. The number of nitrogens with one attached hydrogen (secondary N) is 2. The monoisotopic (exact) mass is 420 g/mol. The van der Waals surface area contributed by atoms with Crippen LogP contribution in [0.3, 0.4) is 0 Å². The molecule has 1 heterocycles. The van der Waals surface area contributed by atoms with Crippen LogP contribution in [0.2, 0.25) is 0 Å². The highest BCUT2D eigenvalue weighted by atomic mass is 16.5. The Kier molecular flexibility index (Phi) is 7.39. The van der Waals surface area contributed by atoms with Gasteiger partial charge in [0.2, 0.25) is 5.91 Å². The molecule has 0 unspecified atom stereocenters. The molecule has 0 aromatic heterocycles. The van der Waals surface area contributed by atoms with E-state index in [0.717, 1.165) is 24.3 Å². The van der Waals surface area contributed by atoms with Gasteiger partial charge in [-0.25, -0.2) is 4.99 Å². The molecule has 2 N–H and O–H groups in total. The number of benzene rings is 2. The van der Waals surface area contributed by atoms with Gasteiger partial charge in [0.05, 0.1) is 14.2 Å². The number of fused-ring (bicyclic) bond motifs is 1. The lowest BCUT2D eigenvalue weighted by Crippen LogP contribution is -2.44. The van der Waals surface area contributed by atoms with Gasteiger partial charge >= 0.3 is 0 Å². The first kappa shape index (κ1) is 22.0. The molecular formula is C24H28N4O3. The van der Waals surface area contributed by atoms with Gasteiger partial charge in [0.1, 0.15) is 6.54 Å². The second kappa shape index (κ2) is 10.4. The van der Waals surface area contributed by atoms with Crippen molar-refractivity contribution in [3.05, 3.63) is 53.1 Å². The lowest BCUT2D eigenvalue weighted by atomic mass is 9.99. The van der Waals surface area contributed by atoms with Crippen LogP contribution >= 0.6 is 0 Å². The molecule has 162 valence electrons. The van der Waals surface area contributed by atoms with Crippen LogP contribution in [-0.4, -0.2) is 50.6 Å². The summed E-state index contributed by atoms with van der Waals surface area (Å²) in [6, 6.07) is 11.2. The SMILES string of the molecule is C#Cc1cccc(NC(=O)CN=C(NCC)N2CCc3cc(OC)c(OC)cc3C2)c1. The molecule has 31 heavy (non-hydrogen) atoms. The number of anilines is 1. The molecule has 0 saturated heterocycles. The molecule has 0 saturated carbocycles. The van der Waals surface area contributed by atoms with Crippen molar-refractivity contribution in [3.8, 4) is 23.8 Å². The van der Waals surface area contributed by atoms with Crippen molar-refractivity contribution in [1.82, 2.24) is 10.2 Å². The zero-order valence-corrected chi connectivity index (χ0v) is 18.2. The fourth-order valence-corrected chi connectivity index (χ4v) is 3.52. The van der Waals surface area contributed by atoms with Gasteiger partial charge in [-0.05, 0) is 54.8 Å². The summed E-state index contributed by atoms with van der Waals surface area (Å²) in [5, 5.41) is 6.13. The lowest BCUT2D eigenvalue weighted by Gasteiger charge is -2.32. The number of guanidine groups is 1. The topological polar surface area (TPSA) is 75.2 Å². The minimum Gasteiger partial charge on any atom is -0.493 e. The highest BCUT2D eigenvalue weighted by molar-refractivity contribution is 5.94. The summed E-state index contributed by atoms with van der Waals surface area (Å²) >= 11 is 0. The van der Waals surface area contributed by atoms with E-state index in [1.807, 2.05) is 31.2 Å². The van der Waals surface area contributed by atoms with Crippen molar-refractivity contribution in [3.63, 3.8) is 0 Å². The Morgan fingerprint density at radius 1 is 1.19 bits per heavy atom. The third kappa shape index (κ3) is 5.48. The number of hydrogen-bond donors (Lipinski definition) is 2. The number of methoxy groups -OCH3 is 2. The summed E-state index contributed by atoms with van der Waals surface area (Å²) in [6.45, 7) is 4.19. The Hall–Kier alpha value is -3.66. The number of carbonyl (C=O) groups excluding carboxylic acids is 1. The molecule has 3 rings (SSSR count). The first-order valence-electron chi connectivity index (χ1n) is 10.2. The van der Waals surface area contributed by atoms with Crippen LogP contribution in [0.25, 0.3) is 0 Å². The van der Waals surface area contributed by atoms with E-state index >= 15 is 0 Å². The molecule has 7 heteroatoms. The van der Waals surface area contributed by atoms with E-state index in [1.165, 1.54) is 5.56 Å². The number of rotatable bonds is 6. The second-order valence-electron chi connectivity index (χ2n) is 7.09. The summed E-state index contributed by atoms with van der Waals surface area (Å²) in [6.07, 6.45) is 6.27. The van der Waals surface area contributed by atoms with E-state index in [2.05, 4.69) is 26.4 Å². The van der Waals surface area contributed by atoms with Gasteiger partial charge in [-0.1, -0.05) is 12.0 Å². The van der Waals surface area contributed by atoms with E-state index in [0.29, 0.717) is 36.0 Å². The van der Waals surface area contributed by atoms with E-state index in [1.54, 1.807) is 26.4 Å². The quantitative estimate of drug-likeness (QED) is 0.427. The highest BCUT2D eigenvalue weighted by Crippen LogP contribution is 2.33.